The summed E-state index contributed by atoms with van der Waals surface area (Å²) in [7, 11) is 4.52. The highest BCUT2D eigenvalue weighted by atomic mass is 16.5. The van der Waals surface area contributed by atoms with Crippen molar-refractivity contribution in [3.05, 3.63) is 53.6 Å². The molecule has 1 heterocycles. The van der Waals surface area contributed by atoms with Crippen molar-refractivity contribution in [3.63, 3.8) is 0 Å². The van der Waals surface area contributed by atoms with Crippen LogP contribution in [-0.4, -0.2) is 44.5 Å². The molecule has 0 saturated carbocycles. The van der Waals surface area contributed by atoms with Crippen molar-refractivity contribution < 1.29 is 23.8 Å². The number of rotatable bonds is 7. The smallest absolute Gasteiger partial charge is 0.346 e. The Hall–Kier alpha value is -3.55. The number of methoxy groups -OCH3 is 3. The van der Waals surface area contributed by atoms with Crippen molar-refractivity contribution in [2.24, 2.45) is 5.10 Å². The van der Waals surface area contributed by atoms with Gasteiger partial charge in [-0.05, 0) is 24.1 Å². The zero-order valence-electron chi connectivity index (χ0n) is 16.8. The van der Waals surface area contributed by atoms with Crippen LogP contribution in [0.1, 0.15) is 24.5 Å². The molecular formula is C21H23N3O5. The van der Waals surface area contributed by atoms with Crippen LogP contribution in [0.4, 0.5) is 4.79 Å². The average Bonchev–Trinajstić information content (AvgIpc) is 3.01. The number of amides is 3. The Kier molecular flexibility index (Phi) is 5.72. The van der Waals surface area contributed by atoms with E-state index in [0.29, 0.717) is 34.8 Å². The predicted molar refractivity (Wildman–Crippen MR) is 107 cm³/mol. The average molecular weight is 397 g/mol. The summed E-state index contributed by atoms with van der Waals surface area (Å²) in [5.41, 5.74) is 0.158. The zero-order chi connectivity index (χ0) is 21.0. The maximum Gasteiger partial charge on any atom is 0.346 e. The van der Waals surface area contributed by atoms with Crippen LogP contribution >= 0.6 is 0 Å². The van der Waals surface area contributed by atoms with Gasteiger partial charge in [-0.25, -0.2) is 4.79 Å². The predicted octanol–water partition coefficient (Wildman–Crippen LogP) is 2.90. The standard InChI is InChI=1S/C21H23N3O5/c1-5-21(15-9-7-6-8-10-15)19(25)24(20(26)23-21)22-13-14-11-16(27-2)18(29-4)17(12-14)28-3/h6-13H,5H2,1-4H3,(H,23,26)/b22-13-/t21-/m1/s1. The number of imide groups is 1. The van der Waals surface area contributed by atoms with Gasteiger partial charge in [0.05, 0.1) is 27.5 Å². The third-order valence-electron chi connectivity index (χ3n) is 4.88. The van der Waals surface area contributed by atoms with E-state index in [1.807, 2.05) is 37.3 Å². The molecule has 0 aromatic heterocycles. The minimum atomic E-state index is -1.13. The van der Waals surface area contributed by atoms with Gasteiger partial charge in [0.2, 0.25) is 5.75 Å². The fraction of sp³-hybridized carbons (Fsp3) is 0.286. The van der Waals surface area contributed by atoms with E-state index in [2.05, 4.69) is 10.4 Å². The zero-order valence-corrected chi connectivity index (χ0v) is 16.8. The first-order chi connectivity index (χ1) is 14.0. The molecule has 0 aliphatic carbocycles. The summed E-state index contributed by atoms with van der Waals surface area (Å²) in [5, 5.41) is 7.76. The number of carbonyl (C=O) groups excluding carboxylic acids is 2. The summed E-state index contributed by atoms with van der Waals surface area (Å²) in [4.78, 5) is 25.6. The van der Waals surface area contributed by atoms with E-state index in [0.717, 1.165) is 5.01 Å². The summed E-state index contributed by atoms with van der Waals surface area (Å²) in [6, 6.07) is 11.9. The molecule has 8 heteroatoms. The van der Waals surface area contributed by atoms with Gasteiger partial charge < -0.3 is 19.5 Å². The summed E-state index contributed by atoms with van der Waals surface area (Å²) >= 11 is 0. The molecule has 0 radical (unpaired) electrons. The molecule has 1 N–H and O–H groups in total. The molecule has 1 atom stereocenters. The number of ether oxygens (including phenoxy) is 3. The number of hydrogen-bond acceptors (Lipinski definition) is 6. The summed E-state index contributed by atoms with van der Waals surface area (Å²) < 4.78 is 15.9. The van der Waals surface area contributed by atoms with Crippen LogP contribution in [0.15, 0.2) is 47.6 Å². The van der Waals surface area contributed by atoms with Gasteiger partial charge in [-0.3, -0.25) is 4.79 Å². The van der Waals surface area contributed by atoms with Gasteiger partial charge in [0.15, 0.2) is 11.5 Å². The number of nitrogens with zero attached hydrogens (tertiary/aromatic N) is 2. The Bertz CT molecular complexity index is 920. The van der Waals surface area contributed by atoms with Gasteiger partial charge in [-0.1, -0.05) is 37.3 Å². The van der Waals surface area contributed by atoms with Gasteiger partial charge in [-0.15, -0.1) is 5.01 Å². The highest BCUT2D eigenvalue weighted by Gasteiger charge is 2.51. The van der Waals surface area contributed by atoms with Gasteiger partial charge in [0.25, 0.3) is 5.91 Å². The van der Waals surface area contributed by atoms with E-state index in [4.69, 9.17) is 14.2 Å². The monoisotopic (exact) mass is 397 g/mol. The first-order valence-corrected chi connectivity index (χ1v) is 9.07. The molecule has 0 spiro atoms. The quantitative estimate of drug-likeness (QED) is 0.573. The van der Waals surface area contributed by atoms with Crippen molar-refractivity contribution in [1.82, 2.24) is 10.3 Å². The number of carbonyl (C=O) groups is 2. The molecule has 3 amide bonds. The van der Waals surface area contributed by atoms with Crippen LogP contribution in [-0.2, 0) is 10.3 Å². The fourth-order valence-electron chi connectivity index (χ4n) is 3.33. The molecule has 152 valence electrons. The minimum Gasteiger partial charge on any atom is -0.493 e. The normalized spacial score (nSPS) is 18.8. The van der Waals surface area contributed by atoms with Crippen LogP contribution in [0.5, 0.6) is 17.2 Å². The van der Waals surface area contributed by atoms with Crippen molar-refractivity contribution in [2.75, 3.05) is 21.3 Å². The molecule has 1 aliphatic heterocycles. The van der Waals surface area contributed by atoms with E-state index >= 15 is 0 Å². The number of hydrogen-bond donors (Lipinski definition) is 1. The van der Waals surface area contributed by atoms with E-state index in [1.54, 1.807) is 12.1 Å². The van der Waals surface area contributed by atoms with Crippen LogP contribution in [0.3, 0.4) is 0 Å². The third kappa shape index (κ3) is 3.49. The maximum absolute atomic E-state index is 13.1. The molecule has 2 aromatic carbocycles. The Labute approximate surface area is 169 Å². The van der Waals surface area contributed by atoms with Crippen molar-refractivity contribution in [2.45, 2.75) is 18.9 Å². The molecule has 1 saturated heterocycles. The Balaban J connectivity index is 1.94. The molecule has 0 unspecified atom stereocenters. The second kappa shape index (κ2) is 8.22. The Morgan fingerprint density at radius 1 is 1.03 bits per heavy atom. The Morgan fingerprint density at radius 2 is 1.66 bits per heavy atom. The first-order valence-electron chi connectivity index (χ1n) is 9.07. The Morgan fingerprint density at radius 3 is 2.17 bits per heavy atom. The van der Waals surface area contributed by atoms with Gasteiger partial charge in [0.1, 0.15) is 5.54 Å². The molecule has 1 aliphatic rings. The van der Waals surface area contributed by atoms with Crippen LogP contribution in [0, 0.1) is 0 Å². The highest BCUT2D eigenvalue weighted by Crippen LogP contribution is 2.38. The summed E-state index contributed by atoms with van der Waals surface area (Å²) in [6.07, 6.45) is 1.80. The highest BCUT2D eigenvalue weighted by molar-refractivity contribution is 6.07. The van der Waals surface area contributed by atoms with Gasteiger partial charge in [-0.2, -0.15) is 5.10 Å². The summed E-state index contributed by atoms with van der Waals surface area (Å²) in [5.74, 6) is 0.895. The second-order valence-electron chi connectivity index (χ2n) is 6.38. The minimum absolute atomic E-state index is 0.401. The lowest BCUT2D eigenvalue weighted by molar-refractivity contribution is -0.131. The van der Waals surface area contributed by atoms with Crippen LogP contribution < -0.4 is 19.5 Å². The fourth-order valence-corrected chi connectivity index (χ4v) is 3.33. The largest absolute Gasteiger partial charge is 0.493 e. The number of urea groups is 1. The lowest BCUT2D eigenvalue weighted by atomic mass is 9.87. The van der Waals surface area contributed by atoms with E-state index in [9.17, 15) is 9.59 Å². The van der Waals surface area contributed by atoms with E-state index in [1.165, 1.54) is 27.5 Å². The second-order valence-corrected chi connectivity index (χ2v) is 6.38. The lowest BCUT2D eigenvalue weighted by Gasteiger charge is -2.24. The van der Waals surface area contributed by atoms with Crippen LogP contribution in [0.25, 0.3) is 0 Å². The van der Waals surface area contributed by atoms with Crippen molar-refractivity contribution in [1.29, 1.82) is 0 Å². The molecule has 0 bridgehead atoms. The molecule has 2 aromatic rings. The summed E-state index contributed by atoms with van der Waals surface area (Å²) in [6.45, 7) is 1.84. The molecule has 8 nitrogen and oxygen atoms in total. The van der Waals surface area contributed by atoms with E-state index in [-0.39, 0.29) is 0 Å². The van der Waals surface area contributed by atoms with Crippen molar-refractivity contribution in [3.8, 4) is 17.2 Å². The molecular weight excluding hydrogens is 374 g/mol. The van der Waals surface area contributed by atoms with Gasteiger partial charge >= 0.3 is 6.03 Å². The van der Waals surface area contributed by atoms with Crippen LogP contribution in [0.2, 0.25) is 0 Å². The molecule has 1 fully saturated rings. The third-order valence-corrected chi connectivity index (χ3v) is 4.88. The maximum atomic E-state index is 13.1. The van der Waals surface area contributed by atoms with Gasteiger partial charge in [0, 0.05) is 5.56 Å². The molecule has 3 rings (SSSR count). The lowest BCUT2D eigenvalue weighted by Crippen LogP contribution is -2.43. The van der Waals surface area contributed by atoms with E-state index < -0.39 is 17.5 Å². The number of nitrogens with one attached hydrogen (secondary N) is 1. The molecule has 29 heavy (non-hydrogen) atoms. The number of benzene rings is 2. The first kappa shape index (κ1) is 20.2. The SMILES string of the molecule is CC[C@]1(c2ccccc2)NC(=O)N(/N=C\c2cc(OC)c(OC)c(OC)c2)C1=O. The number of hydrazone groups is 1. The topological polar surface area (TPSA) is 89.5 Å². The van der Waals surface area contributed by atoms with Crippen molar-refractivity contribution >= 4 is 18.2 Å².